The molecular formula is C19H20N6O4. The van der Waals surface area contributed by atoms with Gasteiger partial charge in [0.25, 0.3) is 11.6 Å². The number of benzene rings is 1. The van der Waals surface area contributed by atoms with Crippen LogP contribution in [0.25, 0.3) is 5.69 Å². The van der Waals surface area contributed by atoms with Crippen molar-refractivity contribution < 1.29 is 14.2 Å². The molecule has 10 nitrogen and oxygen atoms in total. The Morgan fingerprint density at radius 1 is 1.24 bits per heavy atom. The Kier molecular flexibility index (Phi) is 5.09. The molecule has 0 saturated carbocycles. The number of hydrogen-bond donors (Lipinski definition) is 0. The van der Waals surface area contributed by atoms with E-state index in [1.54, 1.807) is 34.0 Å². The molecule has 1 aromatic carbocycles. The molecule has 1 saturated heterocycles. The van der Waals surface area contributed by atoms with Crippen LogP contribution in [-0.2, 0) is 6.54 Å². The van der Waals surface area contributed by atoms with Gasteiger partial charge < -0.3 is 14.0 Å². The number of carbonyl (C=O) groups is 1. The van der Waals surface area contributed by atoms with Crippen molar-refractivity contribution in [2.24, 2.45) is 0 Å². The van der Waals surface area contributed by atoms with Crippen LogP contribution < -0.4 is 0 Å². The van der Waals surface area contributed by atoms with Gasteiger partial charge in [-0.15, -0.1) is 0 Å². The van der Waals surface area contributed by atoms with Gasteiger partial charge in [-0.25, -0.2) is 4.98 Å². The average Bonchev–Trinajstić information content (AvgIpc) is 3.39. The fourth-order valence-corrected chi connectivity index (χ4v) is 3.43. The summed E-state index contributed by atoms with van der Waals surface area (Å²) in [6.07, 6.45) is 4.65. The first kappa shape index (κ1) is 18.8. The van der Waals surface area contributed by atoms with Crippen LogP contribution in [0.5, 0.6) is 0 Å². The maximum atomic E-state index is 12.9. The number of rotatable bonds is 5. The van der Waals surface area contributed by atoms with Gasteiger partial charge >= 0.3 is 0 Å². The van der Waals surface area contributed by atoms with Crippen LogP contribution in [0.15, 0.2) is 47.5 Å². The van der Waals surface area contributed by atoms with Crippen LogP contribution >= 0.6 is 0 Å². The fraction of sp³-hybridized carbons (Fsp3) is 0.316. The maximum Gasteiger partial charge on any atom is 0.294 e. The van der Waals surface area contributed by atoms with E-state index < -0.39 is 4.92 Å². The summed E-state index contributed by atoms with van der Waals surface area (Å²) in [5.41, 5.74) is 1.39. The summed E-state index contributed by atoms with van der Waals surface area (Å²) >= 11 is 0. The molecule has 3 aromatic rings. The second-order valence-electron chi connectivity index (χ2n) is 6.93. The predicted octanol–water partition coefficient (Wildman–Crippen LogP) is 2.03. The first-order chi connectivity index (χ1) is 14.0. The molecule has 1 fully saturated rings. The SMILES string of the molecule is Cc1cc(CN2CCN(C(=O)c3ccc(-n4ccnc4)c([N+](=O)[O-])c3)CC2)on1. The Labute approximate surface area is 166 Å². The molecule has 2 aromatic heterocycles. The number of nitro groups is 1. The third kappa shape index (κ3) is 4.02. The molecular weight excluding hydrogens is 376 g/mol. The summed E-state index contributed by atoms with van der Waals surface area (Å²) in [6.45, 7) is 5.00. The second kappa shape index (κ2) is 7.84. The number of piperazine rings is 1. The van der Waals surface area contributed by atoms with E-state index in [-0.39, 0.29) is 11.6 Å². The lowest BCUT2D eigenvalue weighted by atomic mass is 10.1. The molecule has 1 aliphatic heterocycles. The monoisotopic (exact) mass is 396 g/mol. The Hall–Kier alpha value is -3.53. The summed E-state index contributed by atoms with van der Waals surface area (Å²) < 4.78 is 6.80. The molecule has 0 atom stereocenters. The van der Waals surface area contributed by atoms with Crippen LogP contribution in [-0.4, -0.2) is 61.5 Å². The lowest BCUT2D eigenvalue weighted by Crippen LogP contribution is -2.48. The zero-order chi connectivity index (χ0) is 20.4. The maximum absolute atomic E-state index is 12.9. The smallest absolute Gasteiger partial charge is 0.294 e. The van der Waals surface area contributed by atoms with Crippen molar-refractivity contribution in [2.45, 2.75) is 13.5 Å². The molecule has 0 aliphatic carbocycles. The molecule has 1 aliphatic rings. The van der Waals surface area contributed by atoms with Gasteiger partial charge in [0, 0.05) is 56.3 Å². The fourth-order valence-electron chi connectivity index (χ4n) is 3.43. The second-order valence-corrected chi connectivity index (χ2v) is 6.93. The van der Waals surface area contributed by atoms with Crippen molar-refractivity contribution in [1.82, 2.24) is 24.5 Å². The zero-order valence-electron chi connectivity index (χ0n) is 15.9. The van der Waals surface area contributed by atoms with Crippen LogP contribution in [0.1, 0.15) is 21.8 Å². The highest BCUT2D eigenvalue weighted by molar-refractivity contribution is 5.95. The predicted molar refractivity (Wildman–Crippen MR) is 103 cm³/mol. The molecule has 29 heavy (non-hydrogen) atoms. The van der Waals surface area contributed by atoms with Gasteiger partial charge in [-0.2, -0.15) is 0 Å². The largest absolute Gasteiger partial charge is 0.360 e. The van der Waals surface area contributed by atoms with E-state index in [2.05, 4.69) is 15.0 Å². The van der Waals surface area contributed by atoms with Crippen LogP contribution in [0, 0.1) is 17.0 Å². The summed E-state index contributed by atoms with van der Waals surface area (Å²) in [6, 6.07) is 6.43. The number of aryl methyl sites for hydroxylation is 1. The molecule has 0 N–H and O–H groups in total. The standard InChI is InChI=1S/C19H20N6O4/c1-14-10-16(29-21-14)12-22-6-8-23(9-7-22)19(26)15-2-3-17(18(11-15)25(27)28)24-5-4-20-13-24/h2-5,10-11,13H,6-9,12H2,1H3. The van der Waals surface area contributed by atoms with Crippen molar-refractivity contribution in [2.75, 3.05) is 26.2 Å². The van der Waals surface area contributed by atoms with Gasteiger partial charge in [0.2, 0.25) is 0 Å². The minimum atomic E-state index is -0.483. The summed E-state index contributed by atoms with van der Waals surface area (Å²) in [4.78, 5) is 31.7. The highest BCUT2D eigenvalue weighted by atomic mass is 16.6. The third-order valence-corrected chi connectivity index (χ3v) is 4.92. The van der Waals surface area contributed by atoms with Gasteiger partial charge in [-0.1, -0.05) is 5.16 Å². The molecule has 0 radical (unpaired) electrons. The highest BCUT2D eigenvalue weighted by Gasteiger charge is 2.25. The average molecular weight is 396 g/mol. The minimum absolute atomic E-state index is 0.131. The highest BCUT2D eigenvalue weighted by Crippen LogP contribution is 2.25. The van der Waals surface area contributed by atoms with E-state index >= 15 is 0 Å². The third-order valence-electron chi connectivity index (χ3n) is 4.92. The molecule has 1 amide bonds. The topological polar surface area (TPSA) is 111 Å². The molecule has 4 rings (SSSR count). The van der Waals surface area contributed by atoms with Crippen LogP contribution in [0.3, 0.4) is 0 Å². The molecule has 0 spiro atoms. The number of hydrogen-bond acceptors (Lipinski definition) is 7. The van der Waals surface area contributed by atoms with Crippen molar-refractivity contribution in [3.63, 3.8) is 0 Å². The van der Waals surface area contributed by atoms with Gasteiger partial charge in [0.15, 0.2) is 5.76 Å². The molecule has 0 bridgehead atoms. The Balaban J connectivity index is 1.44. The molecule has 10 heteroatoms. The molecule has 150 valence electrons. The van der Waals surface area contributed by atoms with Crippen LogP contribution in [0.4, 0.5) is 5.69 Å². The van der Waals surface area contributed by atoms with Gasteiger partial charge in [0.05, 0.1) is 23.5 Å². The number of nitro benzene ring substituents is 1. The summed E-state index contributed by atoms with van der Waals surface area (Å²) in [5, 5.41) is 15.4. The zero-order valence-corrected chi connectivity index (χ0v) is 15.9. The lowest BCUT2D eigenvalue weighted by Gasteiger charge is -2.34. The van der Waals surface area contributed by atoms with Crippen molar-refractivity contribution >= 4 is 11.6 Å². The number of nitrogens with zero attached hydrogens (tertiary/aromatic N) is 6. The van der Waals surface area contributed by atoms with Crippen molar-refractivity contribution in [3.8, 4) is 5.69 Å². The number of amides is 1. The van der Waals surface area contributed by atoms with Crippen molar-refractivity contribution in [3.05, 3.63) is 70.1 Å². The van der Waals surface area contributed by atoms with E-state index in [9.17, 15) is 14.9 Å². The molecule has 0 unspecified atom stereocenters. The molecule has 3 heterocycles. The summed E-state index contributed by atoms with van der Waals surface area (Å²) in [7, 11) is 0. The van der Waals surface area contributed by atoms with E-state index in [4.69, 9.17) is 4.52 Å². The quantitative estimate of drug-likeness (QED) is 0.479. The first-order valence-electron chi connectivity index (χ1n) is 9.22. The van der Waals surface area contributed by atoms with E-state index in [1.807, 2.05) is 13.0 Å². The van der Waals surface area contributed by atoms with Crippen LogP contribution in [0.2, 0.25) is 0 Å². The van der Waals surface area contributed by atoms with E-state index in [0.717, 1.165) is 11.5 Å². The number of imidazole rings is 1. The van der Waals surface area contributed by atoms with E-state index in [1.165, 1.54) is 12.4 Å². The number of carbonyl (C=O) groups excluding carboxylic acids is 1. The lowest BCUT2D eigenvalue weighted by molar-refractivity contribution is -0.384. The van der Waals surface area contributed by atoms with Crippen molar-refractivity contribution in [1.29, 1.82) is 0 Å². The van der Waals surface area contributed by atoms with Gasteiger partial charge in [-0.3, -0.25) is 19.8 Å². The van der Waals surface area contributed by atoms with E-state index in [0.29, 0.717) is 44.0 Å². The van der Waals surface area contributed by atoms with Gasteiger partial charge in [-0.05, 0) is 19.1 Å². The minimum Gasteiger partial charge on any atom is -0.360 e. The Morgan fingerprint density at radius 2 is 2.03 bits per heavy atom. The Bertz CT molecular complexity index is 1020. The van der Waals surface area contributed by atoms with Gasteiger partial charge in [0.1, 0.15) is 5.69 Å². The summed E-state index contributed by atoms with van der Waals surface area (Å²) in [5.74, 6) is 0.591. The first-order valence-corrected chi connectivity index (χ1v) is 9.22. The Morgan fingerprint density at radius 3 is 2.66 bits per heavy atom. The number of aromatic nitrogens is 3. The normalized spacial score (nSPS) is 14.9.